The molecule has 0 aromatic heterocycles. The summed E-state index contributed by atoms with van der Waals surface area (Å²) >= 11 is 0. The number of ketones is 1. The minimum atomic E-state index is 0.739. The average molecular weight is 270 g/mol. The van der Waals surface area contributed by atoms with E-state index in [0.29, 0.717) is 0 Å². The zero-order valence-corrected chi connectivity index (χ0v) is 12.4. The number of methoxy groups -OCH3 is 1. The molecule has 2 heteroatoms. The predicted molar refractivity (Wildman–Crippen MR) is 76.9 cm³/mol. The molecule has 2 saturated carbocycles. The summed E-state index contributed by atoms with van der Waals surface area (Å²) in [5, 5.41) is 0. The second-order valence-electron chi connectivity index (χ2n) is 7.13. The number of allylic oxidation sites excluding steroid dienone is 2. The van der Waals surface area contributed by atoms with Crippen molar-refractivity contribution < 1.29 is 9.16 Å². The first kappa shape index (κ1) is 11.7. The van der Waals surface area contributed by atoms with E-state index in [2.05, 4.69) is 0 Å². The molecule has 5 aliphatic rings. The van der Waals surface area contributed by atoms with E-state index < -0.39 is 0 Å². The van der Waals surface area contributed by atoms with E-state index in [-0.39, 0.29) is 0 Å². The summed E-state index contributed by atoms with van der Waals surface area (Å²) < 4.78 is 11.9. The van der Waals surface area contributed by atoms with E-state index in [9.17, 15) is 0 Å². The number of fused-ring (bicyclic) bond motifs is 8. The van der Waals surface area contributed by atoms with Crippen LogP contribution in [0, 0.1) is 29.8 Å². The van der Waals surface area contributed by atoms with Crippen molar-refractivity contribution in [3.63, 3.8) is 0 Å². The lowest BCUT2D eigenvalue weighted by Gasteiger charge is -2.33. The summed E-state index contributed by atoms with van der Waals surface area (Å²) in [6.45, 7) is 0. The molecule has 2 nitrogen and oxygen atoms in total. The summed E-state index contributed by atoms with van der Waals surface area (Å²) in [5.41, 5.74) is 6.14. The number of ether oxygens (including phenoxy) is 1. The Morgan fingerprint density at radius 2 is 1.25 bits per heavy atom. The first-order valence-corrected chi connectivity index (χ1v) is 8.15. The molecular weight excluding hydrogens is 248 g/mol. The maximum absolute atomic E-state index is 5.95. The van der Waals surface area contributed by atoms with Crippen molar-refractivity contribution in [1.29, 1.82) is 0 Å². The van der Waals surface area contributed by atoms with Gasteiger partial charge in [0.2, 0.25) is 0 Å². The van der Waals surface area contributed by atoms with E-state index in [4.69, 9.17) is 9.16 Å². The molecule has 0 saturated heterocycles. The normalized spacial score (nSPS) is 41.8. The Morgan fingerprint density at radius 1 is 0.800 bits per heavy atom. The molecule has 4 bridgehead atoms. The lowest BCUT2D eigenvalue weighted by atomic mass is 9.72. The smallest absolute Gasteiger partial charge is 0.350 e. The van der Waals surface area contributed by atoms with Gasteiger partial charge in [-0.15, -0.1) is 0 Å². The molecule has 2 fully saturated rings. The predicted octanol–water partition coefficient (Wildman–Crippen LogP) is 3.37. The van der Waals surface area contributed by atoms with Gasteiger partial charge >= 0.3 is 5.78 Å². The third-order valence-electron chi connectivity index (χ3n) is 6.47. The summed E-state index contributed by atoms with van der Waals surface area (Å²) in [7, 11) is 3.75. The van der Waals surface area contributed by atoms with Gasteiger partial charge in [-0.25, -0.2) is 0 Å². The third kappa shape index (κ3) is 1.19. The lowest BCUT2D eigenvalue weighted by Crippen LogP contribution is -2.30. The van der Waals surface area contributed by atoms with Gasteiger partial charge in [-0.3, -0.25) is 4.42 Å². The van der Waals surface area contributed by atoms with Crippen molar-refractivity contribution in [3.05, 3.63) is 28.4 Å². The highest BCUT2D eigenvalue weighted by Crippen LogP contribution is 2.62. The van der Waals surface area contributed by atoms with Gasteiger partial charge < -0.3 is 4.74 Å². The van der Waals surface area contributed by atoms with Crippen molar-refractivity contribution in [2.24, 2.45) is 23.7 Å². The van der Waals surface area contributed by atoms with Crippen LogP contribution < -0.4 is 0 Å². The van der Waals surface area contributed by atoms with Gasteiger partial charge in [0.15, 0.2) is 0 Å². The first-order chi connectivity index (χ1) is 9.83. The lowest BCUT2D eigenvalue weighted by molar-refractivity contribution is -0.419. The number of rotatable bonds is 1. The van der Waals surface area contributed by atoms with Crippen LogP contribution in [0.5, 0.6) is 0 Å². The SMILES string of the molecule is CO[C]1C2=C(C(=[O+]C)C3=C1C1CCC3C1)C1CCC2C1. The molecule has 0 N–H and O–H groups in total. The van der Waals surface area contributed by atoms with Crippen molar-refractivity contribution in [1.82, 2.24) is 0 Å². The molecule has 1 radical (unpaired) electrons. The van der Waals surface area contributed by atoms with Crippen molar-refractivity contribution in [2.45, 2.75) is 38.5 Å². The van der Waals surface area contributed by atoms with Crippen molar-refractivity contribution in [3.8, 4) is 0 Å². The van der Waals surface area contributed by atoms with E-state index in [1.807, 2.05) is 14.2 Å². The molecule has 4 unspecified atom stereocenters. The van der Waals surface area contributed by atoms with E-state index in [1.54, 1.807) is 0 Å². The Bertz CT molecular complexity index is 534. The van der Waals surface area contributed by atoms with E-state index in [0.717, 1.165) is 23.7 Å². The summed E-state index contributed by atoms with van der Waals surface area (Å²) in [4.78, 5) is 0. The van der Waals surface area contributed by atoms with Gasteiger partial charge in [-0.05, 0) is 73.3 Å². The van der Waals surface area contributed by atoms with Gasteiger partial charge in [0.05, 0.1) is 11.1 Å². The second-order valence-corrected chi connectivity index (χ2v) is 7.13. The molecule has 5 rings (SSSR count). The molecule has 0 spiro atoms. The number of hydrogen-bond acceptors (Lipinski definition) is 1. The Balaban J connectivity index is 1.73. The van der Waals surface area contributed by atoms with E-state index >= 15 is 0 Å². The quantitative estimate of drug-likeness (QED) is 0.669. The summed E-state index contributed by atoms with van der Waals surface area (Å²) in [6, 6.07) is 0. The van der Waals surface area contributed by atoms with Gasteiger partial charge in [0.1, 0.15) is 6.10 Å². The second kappa shape index (κ2) is 3.85. The first-order valence-electron chi connectivity index (χ1n) is 8.15. The minimum Gasteiger partial charge on any atom is -0.366 e. The zero-order valence-electron chi connectivity index (χ0n) is 12.4. The fraction of sp³-hybridized carbons (Fsp3) is 0.667. The van der Waals surface area contributed by atoms with Crippen molar-refractivity contribution in [2.75, 3.05) is 14.2 Å². The Kier molecular flexibility index (Phi) is 2.26. The molecule has 20 heavy (non-hydrogen) atoms. The van der Waals surface area contributed by atoms with Gasteiger partial charge in [0, 0.05) is 7.11 Å². The maximum Gasteiger partial charge on any atom is 0.350 e. The summed E-state index contributed by atoms with van der Waals surface area (Å²) in [6.07, 6.45) is 9.33. The van der Waals surface area contributed by atoms with Crippen LogP contribution in [0.15, 0.2) is 22.3 Å². The standard InChI is InChI=1S/C18H22O2/c1-19-17-13-9-3-5-11(7-9)15(13)18(20-2)16-12-6-4-10(8-12)14(16)17/h9-12H,3-8H2,1-2H3/q+1. The van der Waals surface area contributed by atoms with Crippen LogP contribution in [0.3, 0.4) is 0 Å². The molecular formula is C18H22O2+. The molecule has 4 atom stereocenters. The molecule has 0 aromatic carbocycles. The Labute approximate surface area is 120 Å². The monoisotopic (exact) mass is 270 g/mol. The third-order valence-corrected chi connectivity index (χ3v) is 6.47. The Hall–Kier alpha value is -0.890. The molecule has 0 aromatic rings. The van der Waals surface area contributed by atoms with Crippen LogP contribution >= 0.6 is 0 Å². The molecule has 0 aliphatic heterocycles. The van der Waals surface area contributed by atoms with Crippen LogP contribution in [0.1, 0.15) is 38.5 Å². The zero-order chi connectivity index (χ0) is 13.4. The molecule has 5 aliphatic carbocycles. The summed E-state index contributed by atoms with van der Waals surface area (Å²) in [5.74, 6) is 4.22. The molecule has 0 amide bonds. The van der Waals surface area contributed by atoms with Gasteiger partial charge in [0.25, 0.3) is 7.11 Å². The highest BCUT2D eigenvalue weighted by Gasteiger charge is 2.58. The highest BCUT2D eigenvalue weighted by atomic mass is 16.5. The Morgan fingerprint density at radius 3 is 1.65 bits per heavy atom. The van der Waals surface area contributed by atoms with Crippen LogP contribution in [0.2, 0.25) is 0 Å². The molecule has 0 heterocycles. The van der Waals surface area contributed by atoms with Crippen LogP contribution in [-0.4, -0.2) is 20.0 Å². The minimum absolute atomic E-state index is 0.739. The van der Waals surface area contributed by atoms with Gasteiger partial charge in [-0.1, -0.05) is 0 Å². The van der Waals surface area contributed by atoms with Crippen molar-refractivity contribution >= 4 is 5.78 Å². The maximum atomic E-state index is 5.95. The van der Waals surface area contributed by atoms with Crippen LogP contribution in [0.4, 0.5) is 0 Å². The van der Waals surface area contributed by atoms with E-state index in [1.165, 1.54) is 72.7 Å². The average Bonchev–Trinajstić information content (AvgIpc) is 3.23. The molecule has 105 valence electrons. The fourth-order valence-corrected chi connectivity index (χ4v) is 5.85. The topological polar surface area (TPSA) is 20.5 Å². The van der Waals surface area contributed by atoms with Crippen LogP contribution in [-0.2, 0) is 9.16 Å². The van der Waals surface area contributed by atoms with Crippen LogP contribution in [0.25, 0.3) is 0 Å². The number of carbonyl (C=O) groups excluding carboxylic acids is 1. The fourth-order valence-electron chi connectivity index (χ4n) is 5.85. The largest absolute Gasteiger partial charge is 0.366 e. The van der Waals surface area contributed by atoms with Gasteiger partial charge in [-0.2, -0.15) is 0 Å². The number of hydrogen-bond donors (Lipinski definition) is 0. The highest BCUT2D eigenvalue weighted by molar-refractivity contribution is 6.13.